The minimum absolute atomic E-state index is 0. The molecule has 0 saturated carbocycles. The lowest BCUT2D eigenvalue weighted by Crippen LogP contribution is -2.42. The largest absolute Gasteiger partial charge is 0.488 e. The van der Waals surface area contributed by atoms with Gasteiger partial charge in [0.1, 0.15) is 11.9 Å². The molecule has 9 heteroatoms. The normalized spacial score (nSPS) is 15.6. The highest BCUT2D eigenvalue weighted by Crippen LogP contribution is 2.27. The molecule has 176 valence electrons. The van der Waals surface area contributed by atoms with Gasteiger partial charge in [0.15, 0.2) is 5.96 Å². The van der Waals surface area contributed by atoms with E-state index >= 15 is 0 Å². The Hall–Kier alpha value is -1.85. The van der Waals surface area contributed by atoms with Crippen molar-refractivity contribution < 1.29 is 13.2 Å². The van der Waals surface area contributed by atoms with E-state index in [0.717, 1.165) is 35.8 Å². The van der Waals surface area contributed by atoms with Gasteiger partial charge < -0.3 is 15.4 Å². The van der Waals surface area contributed by atoms with Crippen molar-refractivity contribution in [2.24, 2.45) is 4.99 Å². The Morgan fingerprint density at radius 3 is 2.44 bits per heavy atom. The van der Waals surface area contributed by atoms with Crippen molar-refractivity contribution in [1.82, 2.24) is 15.4 Å². The molecule has 1 atom stereocenters. The fraction of sp³-hybridized carbons (Fsp3) is 0.435. The van der Waals surface area contributed by atoms with Crippen LogP contribution in [0.25, 0.3) is 0 Å². The molecule has 2 aromatic rings. The topological polar surface area (TPSA) is 91.8 Å². The van der Waals surface area contributed by atoms with Gasteiger partial charge in [-0.1, -0.05) is 42.5 Å². The van der Waals surface area contributed by atoms with E-state index in [1.165, 1.54) is 5.56 Å². The van der Waals surface area contributed by atoms with E-state index in [1.807, 2.05) is 63.2 Å². The van der Waals surface area contributed by atoms with Crippen molar-refractivity contribution in [2.45, 2.75) is 51.6 Å². The fourth-order valence-corrected chi connectivity index (χ4v) is 4.88. The average Bonchev–Trinajstić information content (AvgIpc) is 3.13. The smallest absolute Gasteiger partial charge is 0.216 e. The molecule has 1 aliphatic rings. The highest BCUT2D eigenvalue weighted by Gasteiger charge is 2.22. The first-order valence-electron chi connectivity index (χ1n) is 10.7. The van der Waals surface area contributed by atoms with Gasteiger partial charge in [-0.2, -0.15) is 0 Å². The van der Waals surface area contributed by atoms with Gasteiger partial charge in [0, 0.05) is 19.0 Å². The number of rotatable bonds is 9. The maximum atomic E-state index is 12.1. The van der Waals surface area contributed by atoms with E-state index in [1.54, 1.807) is 0 Å². The first-order valence-corrected chi connectivity index (χ1v) is 12.3. The third-order valence-electron chi connectivity index (χ3n) is 4.77. The van der Waals surface area contributed by atoms with Crippen LogP contribution in [0, 0.1) is 0 Å². The highest BCUT2D eigenvalue weighted by atomic mass is 127. The lowest BCUT2D eigenvalue weighted by Gasteiger charge is -2.15. The molecule has 3 rings (SSSR count). The lowest BCUT2D eigenvalue weighted by molar-refractivity contribution is 0.235. The van der Waals surface area contributed by atoms with Gasteiger partial charge in [0.2, 0.25) is 10.0 Å². The molecule has 0 spiro atoms. The predicted octanol–water partition coefficient (Wildman–Crippen LogP) is 3.19. The van der Waals surface area contributed by atoms with Gasteiger partial charge in [-0.25, -0.2) is 18.1 Å². The molecular weight excluding hydrogens is 539 g/mol. The molecule has 0 saturated heterocycles. The Morgan fingerprint density at radius 2 is 1.78 bits per heavy atom. The van der Waals surface area contributed by atoms with Crippen LogP contribution in [0.2, 0.25) is 0 Å². The van der Waals surface area contributed by atoms with E-state index in [-0.39, 0.29) is 41.9 Å². The van der Waals surface area contributed by atoms with Crippen LogP contribution in [0.4, 0.5) is 0 Å². The van der Waals surface area contributed by atoms with E-state index in [4.69, 9.17) is 4.74 Å². The summed E-state index contributed by atoms with van der Waals surface area (Å²) in [6.45, 7) is 7.58. The molecule has 0 aliphatic carbocycles. The van der Waals surface area contributed by atoms with Crippen molar-refractivity contribution in [3.63, 3.8) is 0 Å². The van der Waals surface area contributed by atoms with Crippen LogP contribution in [0.15, 0.2) is 53.5 Å². The van der Waals surface area contributed by atoms with Gasteiger partial charge >= 0.3 is 0 Å². The van der Waals surface area contributed by atoms with Gasteiger partial charge in [0.05, 0.1) is 18.8 Å². The zero-order valence-corrected chi connectivity index (χ0v) is 21.9. The van der Waals surface area contributed by atoms with Crippen LogP contribution in [-0.4, -0.2) is 39.6 Å². The minimum Gasteiger partial charge on any atom is -0.488 e. The molecule has 32 heavy (non-hydrogen) atoms. The Labute approximate surface area is 208 Å². The zero-order chi connectivity index (χ0) is 22.3. The molecule has 0 radical (unpaired) electrons. The third-order valence-corrected chi connectivity index (χ3v) is 6.31. The maximum absolute atomic E-state index is 12.1. The van der Waals surface area contributed by atoms with Gasteiger partial charge in [-0.15, -0.1) is 24.0 Å². The van der Waals surface area contributed by atoms with E-state index < -0.39 is 10.0 Å². The van der Waals surface area contributed by atoms with Crippen molar-refractivity contribution in [2.75, 3.05) is 13.1 Å². The zero-order valence-electron chi connectivity index (χ0n) is 18.8. The number of benzene rings is 2. The molecule has 7 nitrogen and oxygen atoms in total. The molecule has 0 aromatic heterocycles. The average molecular weight is 573 g/mol. The number of hydrogen-bond donors (Lipinski definition) is 3. The molecule has 0 amide bonds. The summed E-state index contributed by atoms with van der Waals surface area (Å²) < 4.78 is 32.7. The number of aliphatic imine (C=N–C) groups is 1. The molecule has 1 aliphatic heterocycles. The van der Waals surface area contributed by atoms with Crippen LogP contribution in [0.3, 0.4) is 0 Å². The number of para-hydroxylation sites is 1. The van der Waals surface area contributed by atoms with Gasteiger partial charge in [0.25, 0.3) is 0 Å². The summed E-state index contributed by atoms with van der Waals surface area (Å²) in [5, 5.41) is 6.61. The Morgan fingerprint density at radius 1 is 1.09 bits per heavy atom. The van der Waals surface area contributed by atoms with Crippen LogP contribution in [0.1, 0.15) is 37.5 Å². The van der Waals surface area contributed by atoms with Crippen LogP contribution in [0.5, 0.6) is 5.75 Å². The fourth-order valence-electron chi connectivity index (χ4n) is 3.45. The monoisotopic (exact) mass is 572 g/mol. The number of sulfonamides is 1. The second-order valence-electron chi connectivity index (χ2n) is 7.98. The number of fused-ring (bicyclic) bond motifs is 1. The molecule has 0 bridgehead atoms. The molecule has 1 heterocycles. The van der Waals surface area contributed by atoms with E-state index in [9.17, 15) is 8.42 Å². The van der Waals surface area contributed by atoms with Crippen molar-refractivity contribution >= 4 is 40.0 Å². The highest BCUT2D eigenvalue weighted by molar-refractivity contribution is 14.0. The molecular formula is C23H33IN4O3S. The van der Waals surface area contributed by atoms with Crippen molar-refractivity contribution in [3.05, 3.63) is 65.2 Å². The summed E-state index contributed by atoms with van der Waals surface area (Å²) in [6, 6.07) is 15.5. The van der Waals surface area contributed by atoms with E-state index in [2.05, 4.69) is 26.4 Å². The first-order chi connectivity index (χ1) is 14.8. The molecule has 2 aromatic carbocycles. The Bertz CT molecular complexity index is 970. The van der Waals surface area contributed by atoms with Gasteiger partial charge in [-0.3, -0.25) is 0 Å². The quantitative estimate of drug-likeness (QED) is 0.244. The van der Waals surface area contributed by atoms with Crippen molar-refractivity contribution in [3.8, 4) is 5.75 Å². The number of halogens is 1. The SMILES string of the molecule is CCNC(=NCc1ccc(CS(=O)(=O)NC(C)C)cc1)NCC1Cc2ccccc2O1.I. The Balaban J connectivity index is 0.00000363. The molecule has 1 unspecified atom stereocenters. The summed E-state index contributed by atoms with van der Waals surface area (Å²) in [5.74, 6) is 1.67. The standard InChI is InChI=1S/C23H32N4O3S.HI/c1-4-24-23(26-15-21-13-20-7-5-6-8-22(20)30-21)25-14-18-9-11-19(12-10-18)16-31(28,29)27-17(2)3;/h5-12,17,21,27H,4,13-16H2,1-3H3,(H2,24,25,26);1H. The molecule has 3 N–H and O–H groups in total. The van der Waals surface area contributed by atoms with Crippen LogP contribution >= 0.6 is 24.0 Å². The van der Waals surface area contributed by atoms with E-state index in [0.29, 0.717) is 13.1 Å². The second-order valence-corrected chi connectivity index (χ2v) is 9.73. The maximum Gasteiger partial charge on any atom is 0.216 e. The first kappa shape index (κ1) is 26.4. The number of guanidine groups is 1. The van der Waals surface area contributed by atoms with Gasteiger partial charge in [-0.05, 0) is 43.5 Å². The number of nitrogens with zero attached hydrogens (tertiary/aromatic N) is 1. The lowest BCUT2D eigenvalue weighted by atomic mass is 10.1. The number of hydrogen-bond acceptors (Lipinski definition) is 4. The summed E-state index contributed by atoms with van der Waals surface area (Å²) in [6.07, 6.45) is 0.973. The summed E-state index contributed by atoms with van der Waals surface area (Å²) in [5.41, 5.74) is 3.01. The molecule has 0 fully saturated rings. The third kappa shape index (κ3) is 8.25. The predicted molar refractivity (Wildman–Crippen MR) is 140 cm³/mol. The van der Waals surface area contributed by atoms with Crippen LogP contribution < -0.4 is 20.1 Å². The Kier molecular flexibility index (Phi) is 10.2. The summed E-state index contributed by atoms with van der Waals surface area (Å²) in [4.78, 5) is 4.65. The van der Waals surface area contributed by atoms with Crippen LogP contribution in [-0.2, 0) is 28.7 Å². The summed E-state index contributed by atoms with van der Waals surface area (Å²) in [7, 11) is -3.32. The van der Waals surface area contributed by atoms with Crippen molar-refractivity contribution in [1.29, 1.82) is 0 Å². The number of nitrogens with one attached hydrogen (secondary N) is 3. The number of ether oxygens (including phenoxy) is 1. The minimum atomic E-state index is -3.32. The summed E-state index contributed by atoms with van der Waals surface area (Å²) >= 11 is 0. The second kappa shape index (κ2) is 12.4.